The minimum absolute atomic E-state index is 0.623. The molecule has 628 valence electrons. The molecule has 12 fully saturated rings. The Morgan fingerprint density at radius 1 is 0.250 bits per heavy atom. The molecular weight excluding hydrogens is 1350 g/mol. The third-order valence-electron chi connectivity index (χ3n) is 33.1. The van der Waals surface area contributed by atoms with Crippen LogP contribution < -0.4 is 30.5 Å². The van der Waals surface area contributed by atoms with E-state index in [4.69, 9.17) is 0 Å². The molecule has 20 rings (SSSR count). The second-order valence-corrected chi connectivity index (χ2v) is 39.9. The van der Waals surface area contributed by atoms with Crippen LogP contribution in [0.4, 0.5) is 22.7 Å². The van der Waals surface area contributed by atoms with Gasteiger partial charge in [0.05, 0.1) is 0 Å². The maximum atomic E-state index is 2.40. The first-order valence-corrected chi connectivity index (χ1v) is 51.3. The van der Waals surface area contributed by atoms with Crippen molar-refractivity contribution in [1.29, 1.82) is 0 Å². The molecule has 0 radical (unpaired) electrons. The van der Waals surface area contributed by atoms with E-state index in [0.717, 1.165) is 90.4 Å². The number of hydrogen-bond acceptors (Lipinski definition) is 4. The summed E-state index contributed by atoms with van der Waals surface area (Å²) in [4.78, 5) is 9.56. The van der Waals surface area contributed by atoms with E-state index >= 15 is 0 Å². The van der Waals surface area contributed by atoms with Gasteiger partial charge >= 0.3 is 0 Å². The zero-order chi connectivity index (χ0) is 77.9. The van der Waals surface area contributed by atoms with Crippen molar-refractivity contribution in [1.82, 2.24) is 0 Å². The van der Waals surface area contributed by atoms with Crippen LogP contribution in [-0.4, -0.2) is 54.7 Å². The van der Waals surface area contributed by atoms with Gasteiger partial charge in [0.15, 0.2) is 0 Å². The Hall–Kier alpha value is -3.27. The van der Waals surface area contributed by atoms with Gasteiger partial charge in [0.2, 0.25) is 13.4 Å². The second-order valence-electron chi connectivity index (χ2n) is 39.9. The molecule has 0 aromatic heterocycles. The summed E-state index contributed by atoms with van der Waals surface area (Å²) in [7, 11) is 8.83. The number of fused-ring (bicyclic) bond motifs is 2. The highest BCUT2D eigenvalue weighted by Crippen LogP contribution is 2.46. The van der Waals surface area contributed by atoms with Crippen LogP contribution in [-0.2, 0) is 0 Å². The van der Waals surface area contributed by atoms with Crippen LogP contribution in [0.25, 0.3) is 0 Å². The standard InChI is InChI=1S/2C15H17BN2.6C12H22.2C2H6/c2*1-17-10-9-16-11-5-3-6-12(11)18(2)14-8-4-7-13(17)15(14)16;6*1-3-7-11(8-4-1)12-9-5-2-6-10-12;2*1-2/h3-4,6-8H,5,9-10H2,1-2H3;3-5,7-8H,6,9-10H2,1-2H3;6*11-12H,1-10H2;2*1-2H3. The van der Waals surface area contributed by atoms with Crippen molar-refractivity contribution in [2.24, 2.45) is 71.0 Å². The van der Waals surface area contributed by atoms with Crippen molar-refractivity contribution in [3.05, 3.63) is 83.0 Å². The van der Waals surface area contributed by atoms with Crippen LogP contribution in [0.5, 0.6) is 0 Å². The maximum Gasteiger partial charge on any atom is 0.218 e. The smallest absolute Gasteiger partial charge is 0.218 e. The molecule has 0 spiro atoms. The molecule has 112 heavy (non-hydrogen) atoms. The van der Waals surface area contributed by atoms with Crippen LogP contribution in [0, 0.1) is 71.0 Å². The minimum atomic E-state index is 0.623. The van der Waals surface area contributed by atoms with Gasteiger partial charge in [0.25, 0.3) is 0 Å². The van der Waals surface area contributed by atoms with E-state index in [0.29, 0.717) is 13.4 Å². The topological polar surface area (TPSA) is 13.0 Å². The molecule has 4 aliphatic heterocycles. The predicted molar refractivity (Wildman–Crippen MR) is 500 cm³/mol. The molecule has 18 aliphatic rings. The number of anilines is 4. The highest BCUT2D eigenvalue weighted by atomic mass is 15.2. The van der Waals surface area contributed by atoms with Crippen molar-refractivity contribution in [3.8, 4) is 0 Å². The predicted octanol–water partition coefficient (Wildman–Crippen LogP) is 31.0. The van der Waals surface area contributed by atoms with Gasteiger partial charge in [0, 0.05) is 81.8 Å². The zero-order valence-electron chi connectivity index (χ0n) is 75.3. The highest BCUT2D eigenvalue weighted by Gasteiger charge is 2.41. The van der Waals surface area contributed by atoms with Gasteiger partial charge in [0.1, 0.15) is 0 Å². The van der Waals surface area contributed by atoms with E-state index in [1.807, 2.05) is 27.7 Å². The van der Waals surface area contributed by atoms with Crippen molar-refractivity contribution < 1.29 is 0 Å². The van der Waals surface area contributed by atoms with Crippen molar-refractivity contribution in [3.63, 3.8) is 0 Å². The fourth-order valence-electron chi connectivity index (χ4n) is 26.7. The monoisotopic (exact) mass is 1530 g/mol. The lowest BCUT2D eigenvalue weighted by molar-refractivity contribution is 0.196. The second kappa shape index (κ2) is 50.0. The lowest BCUT2D eigenvalue weighted by Crippen LogP contribution is -2.49. The number of allylic oxidation sites excluding steroid dienone is 6. The fourth-order valence-corrected chi connectivity index (χ4v) is 26.7. The lowest BCUT2D eigenvalue weighted by atomic mass is 9.35. The number of likely N-dealkylation sites (N-methyl/N-ethyl adjacent to an activating group) is 1. The summed E-state index contributed by atoms with van der Waals surface area (Å²) in [5.74, 6) is 13.7. The molecule has 2 aromatic carbocycles. The highest BCUT2D eigenvalue weighted by molar-refractivity contribution is 6.84. The van der Waals surface area contributed by atoms with Gasteiger partial charge in [-0.25, -0.2) is 0 Å². The molecule has 14 aliphatic carbocycles. The number of nitrogens with zero attached hydrogens (tertiary/aromatic N) is 4. The molecule has 0 bridgehead atoms. The maximum absolute atomic E-state index is 2.40. The minimum Gasteiger partial charge on any atom is -0.376 e. The third-order valence-corrected chi connectivity index (χ3v) is 33.1. The van der Waals surface area contributed by atoms with Crippen molar-refractivity contribution >= 4 is 47.1 Å². The zero-order valence-corrected chi connectivity index (χ0v) is 75.3. The normalized spacial score (nSPS) is 25.3. The Bertz CT molecular complexity index is 2650. The molecule has 2 aromatic rings. The van der Waals surface area contributed by atoms with E-state index in [2.05, 4.69) is 108 Å². The molecule has 12 saturated carbocycles. The molecule has 0 N–H and O–H groups in total. The molecule has 0 amide bonds. The number of rotatable bonds is 6. The third kappa shape index (κ3) is 25.9. The van der Waals surface area contributed by atoms with Crippen molar-refractivity contribution in [2.45, 2.75) is 438 Å². The van der Waals surface area contributed by atoms with Gasteiger partial charge < -0.3 is 19.6 Å². The van der Waals surface area contributed by atoms with Crippen LogP contribution in [0.2, 0.25) is 12.6 Å². The largest absolute Gasteiger partial charge is 0.376 e. The van der Waals surface area contributed by atoms with Gasteiger partial charge in [-0.1, -0.05) is 454 Å². The van der Waals surface area contributed by atoms with Gasteiger partial charge in [-0.2, -0.15) is 0 Å². The molecule has 6 heteroatoms. The Balaban J connectivity index is 0.000000127. The molecule has 4 heterocycles. The van der Waals surface area contributed by atoms with Gasteiger partial charge in [-0.05, 0) is 131 Å². The molecule has 0 saturated heterocycles. The molecule has 0 unspecified atom stereocenters. The summed E-state index contributed by atoms with van der Waals surface area (Å²) in [6, 6.07) is 13.5. The van der Waals surface area contributed by atoms with E-state index in [9.17, 15) is 0 Å². The van der Waals surface area contributed by atoms with Crippen LogP contribution in [0.3, 0.4) is 0 Å². The van der Waals surface area contributed by atoms with Crippen molar-refractivity contribution in [2.75, 3.05) is 60.9 Å². The summed E-state index contributed by atoms with van der Waals surface area (Å²) in [6.45, 7) is 11.6. The van der Waals surface area contributed by atoms with Crippen LogP contribution in [0.1, 0.15) is 426 Å². The summed E-state index contributed by atoms with van der Waals surface area (Å²) in [5.41, 5.74) is 14.9. The van der Waals surface area contributed by atoms with E-state index in [1.54, 1.807) is 176 Å². The number of hydrogen-bond donors (Lipinski definition) is 0. The summed E-state index contributed by atoms with van der Waals surface area (Å²) < 4.78 is 0. The molecule has 0 atom stereocenters. The van der Waals surface area contributed by atoms with E-state index < -0.39 is 0 Å². The summed E-state index contributed by atoms with van der Waals surface area (Å²) in [6.07, 6.45) is 106. The Morgan fingerprint density at radius 2 is 0.473 bits per heavy atom. The first-order valence-electron chi connectivity index (χ1n) is 51.3. The Morgan fingerprint density at radius 3 is 0.741 bits per heavy atom. The SMILES string of the molecule is C1CCC(C2CCCCC2)CC1.C1CCC(C2CCCCC2)CC1.C1CCC(C2CCCCC2)CC1.C1CCC(C2CCCCC2)CC1.C1CCC(C2CCCCC2)CC1.C1CCC(C2CCCCC2)CC1.CC.CC.CN1CCB2C3=C(C=CC3)N(C)c3cccc1c32.CN1CCB2C3=C(CC=C3)N(C)c3cccc1c32. The molecular formula is C106H178B2N4. The molecule has 4 nitrogen and oxygen atoms in total. The Labute approximate surface area is 696 Å². The summed E-state index contributed by atoms with van der Waals surface area (Å²) in [5, 5.41) is 0. The lowest BCUT2D eigenvalue weighted by Gasteiger charge is -2.40. The van der Waals surface area contributed by atoms with Crippen LogP contribution in [0.15, 0.2) is 83.0 Å². The first kappa shape index (κ1) is 89.5. The number of benzene rings is 2. The fraction of sp³-hybridized carbons (Fsp3) is 0.811. The Kier molecular flexibility index (Phi) is 39.9. The van der Waals surface area contributed by atoms with Gasteiger partial charge in [-0.3, -0.25) is 0 Å². The first-order chi connectivity index (χ1) is 55.3. The van der Waals surface area contributed by atoms with Gasteiger partial charge in [-0.15, -0.1) is 0 Å². The quantitative estimate of drug-likeness (QED) is 0.267. The average molecular weight is 1530 g/mol. The van der Waals surface area contributed by atoms with E-state index in [-0.39, 0.29) is 0 Å². The summed E-state index contributed by atoms with van der Waals surface area (Å²) >= 11 is 0. The van der Waals surface area contributed by atoms with Crippen LogP contribution >= 0.6 is 0 Å². The average Bonchev–Trinajstić information content (AvgIpc) is 1.30. The van der Waals surface area contributed by atoms with E-state index in [1.165, 1.54) is 284 Å².